The van der Waals surface area contributed by atoms with Crippen molar-refractivity contribution in [2.24, 2.45) is 11.8 Å². The maximum atomic E-state index is 13.6. The number of amides is 2. The van der Waals surface area contributed by atoms with Crippen molar-refractivity contribution < 1.29 is 19.1 Å². The van der Waals surface area contributed by atoms with Gasteiger partial charge in [0.1, 0.15) is 6.04 Å². The highest BCUT2D eigenvalue weighted by Crippen LogP contribution is 2.32. The first-order valence-corrected chi connectivity index (χ1v) is 12.4. The number of hydrogen-bond donors (Lipinski definition) is 1. The van der Waals surface area contributed by atoms with Gasteiger partial charge in [-0.05, 0) is 38.8 Å². The van der Waals surface area contributed by atoms with Crippen LogP contribution in [0.15, 0.2) is 0 Å². The largest absolute Gasteiger partial charge is 0.348 e. The molecule has 0 unspecified atom stereocenters. The van der Waals surface area contributed by atoms with E-state index in [1.807, 2.05) is 23.9 Å². The van der Waals surface area contributed by atoms with Crippen LogP contribution in [0.5, 0.6) is 0 Å². The number of ether oxygens (including phenoxy) is 2. The highest BCUT2D eigenvalue weighted by molar-refractivity contribution is 5.90. The van der Waals surface area contributed by atoms with Gasteiger partial charge in [0.15, 0.2) is 5.79 Å². The Morgan fingerprint density at radius 3 is 2.25 bits per heavy atom. The van der Waals surface area contributed by atoms with E-state index in [-0.39, 0.29) is 29.9 Å². The van der Waals surface area contributed by atoms with Gasteiger partial charge in [-0.3, -0.25) is 9.59 Å². The molecule has 3 saturated heterocycles. The van der Waals surface area contributed by atoms with Crippen molar-refractivity contribution in [3.8, 4) is 0 Å². The Morgan fingerprint density at radius 1 is 1.09 bits per heavy atom. The number of carbonyl (C=O) groups excluding carboxylic acids is 2. The van der Waals surface area contributed by atoms with Gasteiger partial charge in [-0.15, -0.1) is 0 Å². The predicted molar refractivity (Wildman–Crippen MR) is 124 cm³/mol. The topological polar surface area (TPSA) is 74.3 Å². The minimum atomic E-state index is -0.565. The molecule has 3 aliphatic rings. The molecule has 1 spiro atoms. The van der Waals surface area contributed by atoms with E-state index in [1.54, 1.807) is 0 Å². The zero-order chi connectivity index (χ0) is 23.5. The van der Waals surface area contributed by atoms with Gasteiger partial charge < -0.3 is 29.5 Å². The fourth-order valence-corrected chi connectivity index (χ4v) is 4.98. The lowest BCUT2D eigenvalue weighted by atomic mass is 9.95. The van der Waals surface area contributed by atoms with Crippen LogP contribution in [0.2, 0.25) is 0 Å². The molecule has 2 amide bonds. The van der Waals surface area contributed by atoms with Crippen LogP contribution < -0.4 is 5.32 Å². The zero-order valence-corrected chi connectivity index (χ0v) is 20.9. The maximum Gasteiger partial charge on any atom is 0.245 e. The van der Waals surface area contributed by atoms with Gasteiger partial charge in [0, 0.05) is 39.0 Å². The molecule has 3 rings (SSSR count). The Hall–Kier alpha value is -1.22. The van der Waals surface area contributed by atoms with Gasteiger partial charge in [0.05, 0.1) is 25.3 Å². The van der Waals surface area contributed by atoms with E-state index in [2.05, 4.69) is 37.9 Å². The summed E-state index contributed by atoms with van der Waals surface area (Å²) in [6.45, 7) is 12.4. The average Bonchev–Trinajstić information content (AvgIpc) is 2.74. The molecule has 0 aromatic carbocycles. The molecule has 0 aromatic rings. The van der Waals surface area contributed by atoms with E-state index in [1.165, 1.54) is 0 Å². The molecule has 8 nitrogen and oxygen atoms in total. The molecule has 2 atom stereocenters. The molecule has 0 bridgehead atoms. The molecule has 0 aromatic heterocycles. The summed E-state index contributed by atoms with van der Waals surface area (Å²) in [6, 6.07) is -0.308. The van der Waals surface area contributed by atoms with Crippen molar-refractivity contribution in [2.45, 2.75) is 77.3 Å². The predicted octanol–water partition coefficient (Wildman–Crippen LogP) is 1.54. The van der Waals surface area contributed by atoms with E-state index < -0.39 is 5.79 Å². The van der Waals surface area contributed by atoms with Crippen molar-refractivity contribution in [1.82, 2.24) is 20.0 Å². The van der Waals surface area contributed by atoms with Crippen LogP contribution in [-0.4, -0.2) is 104 Å². The fourth-order valence-electron chi connectivity index (χ4n) is 4.98. The van der Waals surface area contributed by atoms with Crippen molar-refractivity contribution >= 4 is 11.8 Å². The average molecular weight is 453 g/mol. The summed E-state index contributed by atoms with van der Waals surface area (Å²) >= 11 is 0. The molecule has 8 heteroatoms. The number of likely N-dealkylation sites (N-methyl/N-ethyl adjacent to an activating group) is 1. The van der Waals surface area contributed by atoms with Crippen LogP contribution in [0, 0.1) is 11.8 Å². The molecule has 3 aliphatic heterocycles. The van der Waals surface area contributed by atoms with Crippen molar-refractivity contribution in [2.75, 3.05) is 53.5 Å². The third kappa shape index (κ3) is 6.01. The second kappa shape index (κ2) is 10.8. The van der Waals surface area contributed by atoms with Gasteiger partial charge in [0.25, 0.3) is 0 Å². The fraction of sp³-hybridized carbons (Fsp3) is 0.917. The molecule has 0 radical (unpaired) electrons. The summed E-state index contributed by atoms with van der Waals surface area (Å²) in [6.07, 6.45) is 2.85. The number of likely N-dealkylation sites (tertiary alicyclic amines) is 1. The second-order valence-corrected chi connectivity index (χ2v) is 10.8. The highest BCUT2D eigenvalue weighted by Gasteiger charge is 2.44. The molecule has 1 N–H and O–H groups in total. The SMILES string of the molecule is CC(C)C[C@@H]1NCCN([C@@H](CC(C)C)C(=O)N2CCC3(CC2)OCC(N(C)C)CO3)C1=O. The number of piperidine rings is 1. The summed E-state index contributed by atoms with van der Waals surface area (Å²) in [4.78, 5) is 32.8. The Labute approximate surface area is 193 Å². The molecular weight excluding hydrogens is 408 g/mol. The van der Waals surface area contributed by atoms with Gasteiger partial charge in [-0.2, -0.15) is 0 Å². The standard InChI is InChI=1S/C24H44N4O4/c1-17(2)13-20-22(29)28(12-9-25-20)21(14-18(3)4)23(30)27-10-7-24(8-11-27)31-15-19(16-32-24)26(5)6/h17-21,25H,7-16H2,1-6H3/t20-,21-/m0/s1. The lowest BCUT2D eigenvalue weighted by Crippen LogP contribution is -2.63. The van der Waals surface area contributed by atoms with Gasteiger partial charge in [-0.25, -0.2) is 0 Å². The Bertz CT molecular complexity index is 636. The first-order valence-electron chi connectivity index (χ1n) is 12.4. The molecule has 184 valence electrons. The van der Waals surface area contributed by atoms with E-state index in [9.17, 15) is 9.59 Å². The lowest BCUT2D eigenvalue weighted by molar-refractivity contribution is -0.296. The minimum absolute atomic E-state index is 0.0751. The van der Waals surface area contributed by atoms with Crippen LogP contribution in [0.25, 0.3) is 0 Å². The minimum Gasteiger partial charge on any atom is -0.348 e. The van der Waals surface area contributed by atoms with Gasteiger partial charge >= 0.3 is 0 Å². The van der Waals surface area contributed by atoms with Crippen molar-refractivity contribution in [3.63, 3.8) is 0 Å². The van der Waals surface area contributed by atoms with Crippen molar-refractivity contribution in [3.05, 3.63) is 0 Å². The zero-order valence-electron chi connectivity index (χ0n) is 20.9. The lowest BCUT2D eigenvalue weighted by Gasteiger charge is -2.47. The molecule has 0 saturated carbocycles. The molecule has 3 fully saturated rings. The molecule has 3 heterocycles. The van der Waals surface area contributed by atoms with Crippen molar-refractivity contribution in [1.29, 1.82) is 0 Å². The quantitative estimate of drug-likeness (QED) is 0.632. The molecular formula is C24H44N4O4. The van der Waals surface area contributed by atoms with Gasteiger partial charge in [0.2, 0.25) is 11.8 Å². The Kier molecular flexibility index (Phi) is 8.58. The normalized spacial score (nSPS) is 25.9. The van der Waals surface area contributed by atoms with E-state index in [4.69, 9.17) is 9.47 Å². The number of hydrogen-bond acceptors (Lipinski definition) is 6. The smallest absolute Gasteiger partial charge is 0.245 e. The highest BCUT2D eigenvalue weighted by atomic mass is 16.7. The third-order valence-electron chi connectivity index (χ3n) is 7.03. The van der Waals surface area contributed by atoms with Crippen LogP contribution in [-0.2, 0) is 19.1 Å². The Morgan fingerprint density at radius 2 is 1.72 bits per heavy atom. The summed E-state index contributed by atoms with van der Waals surface area (Å²) in [7, 11) is 4.07. The van der Waals surface area contributed by atoms with Crippen LogP contribution in [0.3, 0.4) is 0 Å². The van der Waals surface area contributed by atoms with Crippen LogP contribution >= 0.6 is 0 Å². The first-order chi connectivity index (χ1) is 15.1. The Balaban J connectivity index is 1.64. The summed E-state index contributed by atoms with van der Waals surface area (Å²) in [5.74, 6) is 0.348. The summed E-state index contributed by atoms with van der Waals surface area (Å²) in [5, 5.41) is 3.35. The number of nitrogens with zero attached hydrogens (tertiary/aromatic N) is 3. The third-order valence-corrected chi connectivity index (χ3v) is 7.03. The van der Waals surface area contributed by atoms with Crippen LogP contribution in [0.4, 0.5) is 0 Å². The number of nitrogens with one attached hydrogen (secondary N) is 1. The van der Waals surface area contributed by atoms with E-state index in [0.29, 0.717) is 63.9 Å². The van der Waals surface area contributed by atoms with E-state index in [0.717, 1.165) is 13.0 Å². The van der Waals surface area contributed by atoms with E-state index >= 15 is 0 Å². The first kappa shape index (κ1) is 25.4. The monoisotopic (exact) mass is 452 g/mol. The van der Waals surface area contributed by atoms with Gasteiger partial charge in [-0.1, -0.05) is 27.7 Å². The number of piperazine rings is 1. The summed E-state index contributed by atoms with van der Waals surface area (Å²) < 4.78 is 12.3. The number of carbonyl (C=O) groups is 2. The second-order valence-electron chi connectivity index (χ2n) is 10.8. The number of rotatable bonds is 7. The molecule has 32 heavy (non-hydrogen) atoms. The maximum absolute atomic E-state index is 13.6. The summed E-state index contributed by atoms with van der Waals surface area (Å²) in [5.41, 5.74) is 0. The molecule has 0 aliphatic carbocycles. The van der Waals surface area contributed by atoms with Crippen LogP contribution in [0.1, 0.15) is 53.4 Å².